The summed E-state index contributed by atoms with van der Waals surface area (Å²) in [5, 5.41) is 0. The van der Waals surface area contributed by atoms with Crippen LogP contribution in [0.2, 0.25) is 0 Å². The van der Waals surface area contributed by atoms with Crippen molar-refractivity contribution in [2.24, 2.45) is 0 Å². The van der Waals surface area contributed by atoms with Gasteiger partial charge >= 0.3 is 0 Å². The summed E-state index contributed by atoms with van der Waals surface area (Å²) in [5.74, 6) is 0.829. The van der Waals surface area contributed by atoms with Crippen LogP contribution < -0.4 is 0 Å². The Kier molecular flexibility index (Phi) is 6.30. The van der Waals surface area contributed by atoms with Crippen molar-refractivity contribution in [2.75, 3.05) is 13.7 Å². The maximum Gasteiger partial charge on any atom is 0.106 e. The topological polar surface area (TPSA) is 12.5 Å². The highest BCUT2D eigenvalue weighted by atomic mass is 16.5. The summed E-state index contributed by atoms with van der Waals surface area (Å²) >= 11 is 0. The normalized spacial score (nSPS) is 14.9. The van der Waals surface area contributed by atoms with Gasteiger partial charge in [-0.2, -0.15) is 0 Å². The monoisotopic (exact) mass is 197 g/mol. The molecule has 0 rings (SSSR count). The maximum atomic E-state index is 5.39. The number of rotatable bonds is 7. The lowest BCUT2D eigenvalue weighted by molar-refractivity contribution is 0.139. The van der Waals surface area contributed by atoms with Crippen LogP contribution in [0, 0.1) is 0 Å². The minimum atomic E-state index is 0.234. The summed E-state index contributed by atoms with van der Waals surface area (Å²) in [6.45, 7) is 14.7. The summed E-state index contributed by atoms with van der Waals surface area (Å²) in [6.07, 6.45) is 3.03. The molecule has 0 amide bonds. The Morgan fingerprint density at radius 2 is 2.07 bits per heavy atom. The highest BCUT2D eigenvalue weighted by molar-refractivity contribution is 4.99. The standard InChI is InChI=1S/C12H23NO/c1-7-12(8-2)13(6)10(4)11(5)14-9-3/h7,10,12H,1,5,8-9H2,2-4,6H3. The van der Waals surface area contributed by atoms with Crippen LogP contribution in [0.4, 0.5) is 0 Å². The van der Waals surface area contributed by atoms with Crippen LogP contribution in [0.25, 0.3) is 0 Å². The largest absolute Gasteiger partial charge is 0.497 e. The number of hydrogen-bond donors (Lipinski definition) is 0. The van der Waals surface area contributed by atoms with Crippen LogP contribution >= 0.6 is 0 Å². The highest BCUT2D eigenvalue weighted by Gasteiger charge is 2.18. The molecule has 2 nitrogen and oxygen atoms in total. The summed E-state index contributed by atoms with van der Waals surface area (Å²) in [7, 11) is 2.07. The molecule has 0 aliphatic heterocycles. The van der Waals surface area contributed by atoms with E-state index in [4.69, 9.17) is 4.74 Å². The molecular formula is C12H23NO. The van der Waals surface area contributed by atoms with Gasteiger partial charge in [0, 0.05) is 6.04 Å². The van der Waals surface area contributed by atoms with Gasteiger partial charge in [0.1, 0.15) is 5.76 Å². The zero-order valence-corrected chi connectivity index (χ0v) is 9.92. The number of hydrogen-bond acceptors (Lipinski definition) is 2. The van der Waals surface area contributed by atoms with Crippen LogP contribution in [0.15, 0.2) is 25.0 Å². The van der Waals surface area contributed by atoms with E-state index < -0.39 is 0 Å². The molecule has 0 aromatic carbocycles. The molecule has 0 spiro atoms. The summed E-state index contributed by atoms with van der Waals surface area (Å²) < 4.78 is 5.39. The highest BCUT2D eigenvalue weighted by Crippen LogP contribution is 2.13. The number of nitrogens with zero attached hydrogens (tertiary/aromatic N) is 1. The average molecular weight is 197 g/mol. The van der Waals surface area contributed by atoms with Gasteiger partial charge in [0.05, 0.1) is 12.6 Å². The van der Waals surface area contributed by atoms with E-state index in [1.807, 2.05) is 13.0 Å². The van der Waals surface area contributed by atoms with E-state index in [1.54, 1.807) is 0 Å². The molecule has 0 saturated heterocycles. The van der Waals surface area contributed by atoms with Gasteiger partial charge in [-0.15, -0.1) is 6.58 Å². The van der Waals surface area contributed by atoms with Crippen molar-refractivity contribution >= 4 is 0 Å². The fourth-order valence-corrected chi connectivity index (χ4v) is 1.44. The molecule has 0 aromatic rings. The fourth-order valence-electron chi connectivity index (χ4n) is 1.44. The molecule has 0 fully saturated rings. The van der Waals surface area contributed by atoms with Crippen molar-refractivity contribution in [1.29, 1.82) is 0 Å². The minimum absolute atomic E-state index is 0.234. The van der Waals surface area contributed by atoms with Crippen molar-refractivity contribution < 1.29 is 4.74 Å². The van der Waals surface area contributed by atoms with Crippen LogP contribution in [0.5, 0.6) is 0 Å². The Morgan fingerprint density at radius 3 is 2.43 bits per heavy atom. The first kappa shape index (κ1) is 13.2. The van der Waals surface area contributed by atoms with E-state index in [9.17, 15) is 0 Å². The van der Waals surface area contributed by atoms with E-state index in [1.165, 1.54) is 0 Å². The fraction of sp³-hybridized carbons (Fsp3) is 0.667. The van der Waals surface area contributed by atoms with Gasteiger partial charge in [-0.3, -0.25) is 4.90 Å². The molecule has 14 heavy (non-hydrogen) atoms. The third-order valence-electron chi connectivity index (χ3n) is 2.62. The van der Waals surface area contributed by atoms with Crippen molar-refractivity contribution in [3.8, 4) is 0 Å². The molecule has 0 radical (unpaired) electrons. The van der Waals surface area contributed by atoms with Crippen LogP contribution in [0.1, 0.15) is 27.2 Å². The number of ether oxygens (including phenoxy) is 1. The molecule has 0 aliphatic carbocycles. The summed E-state index contributed by atoms with van der Waals surface area (Å²) in [4.78, 5) is 2.23. The Balaban J connectivity index is 4.28. The smallest absolute Gasteiger partial charge is 0.106 e. The lowest BCUT2D eigenvalue weighted by atomic mass is 10.1. The first-order chi connectivity index (χ1) is 6.58. The summed E-state index contributed by atoms with van der Waals surface area (Å²) in [6, 6.07) is 0.625. The zero-order chi connectivity index (χ0) is 11.1. The van der Waals surface area contributed by atoms with Crippen molar-refractivity contribution in [2.45, 2.75) is 39.3 Å². The Bertz CT molecular complexity index is 189. The van der Waals surface area contributed by atoms with Gasteiger partial charge in [0.15, 0.2) is 0 Å². The average Bonchev–Trinajstić information content (AvgIpc) is 2.18. The first-order valence-corrected chi connectivity index (χ1v) is 5.24. The second-order valence-electron chi connectivity index (χ2n) is 3.45. The Morgan fingerprint density at radius 1 is 1.50 bits per heavy atom. The third-order valence-corrected chi connectivity index (χ3v) is 2.62. The lowest BCUT2D eigenvalue weighted by Crippen LogP contribution is -2.38. The molecule has 2 unspecified atom stereocenters. The molecule has 0 heterocycles. The van der Waals surface area contributed by atoms with Crippen LogP contribution in [-0.4, -0.2) is 30.6 Å². The lowest BCUT2D eigenvalue weighted by Gasteiger charge is -2.31. The molecule has 0 saturated carbocycles. The predicted molar refractivity (Wildman–Crippen MR) is 62.3 cm³/mol. The second kappa shape index (κ2) is 6.66. The molecule has 0 aliphatic rings. The SMILES string of the molecule is C=CC(CC)N(C)C(C)C(=C)OCC. The van der Waals surface area contributed by atoms with Crippen LogP contribution in [0.3, 0.4) is 0 Å². The van der Waals surface area contributed by atoms with Crippen molar-refractivity contribution in [1.82, 2.24) is 4.90 Å². The zero-order valence-electron chi connectivity index (χ0n) is 9.92. The second-order valence-corrected chi connectivity index (χ2v) is 3.45. The molecule has 2 atom stereocenters. The summed E-state index contributed by atoms with van der Waals surface area (Å²) in [5.41, 5.74) is 0. The Hall–Kier alpha value is -0.760. The maximum absolute atomic E-state index is 5.39. The van der Waals surface area contributed by atoms with Gasteiger partial charge in [0.2, 0.25) is 0 Å². The third kappa shape index (κ3) is 3.54. The van der Waals surface area contributed by atoms with E-state index in [0.717, 1.165) is 12.2 Å². The molecular weight excluding hydrogens is 174 g/mol. The quantitative estimate of drug-likeness (QED) is 0.459. The van der Waals surface area contributed by atoms with Gasteiger partial charge in [-0.1, -0.05) is 19.6 Å². The van der Waals surface area contributed by atoms with Gasteiger partial charge in [-0.25, -0.2) is 0 Å². The molecule has 0 bridgehead atoms. The predicted octanol–water partition coefficient (Wildman–Crippen LogP) is 2.82. The van der Waals surface area contributed by atoms with E-state index >= 15 is 0 Å². The molecule has 0 N–H and O–H groups in total. The van der Waals surface area contributed by atoms with Gasteiger partial charge < -0.3 is 4.74 Å². The minimum Gasteiger partial charge on any atom is -0.497 e. The molecule has 0 aromatic heterocycles. The first-order valence-electron chi connectivity index (χ1n) is 5.24. The Labute approximate surface area is 88.2 Å². The molecule has 2 heteroatoms. The van der Waals surface area contributed by atoms with Crippen molar-refractivity contribution in [3.05, 3.63) is 25.0 Å². The van der Waals surface area contributed by atoms with E-state index in [0.29, 0.717) is 12.6 Å². The van der Waals surface area contributed by atoms with Crippen molar-refractivity contribution in [3.63, 3.8) is 0 Å². The van der Waals surface area contributed by atoms with E-state index in [-0.39, 0.29) is 6.04 Å². The van der Waals surface area contributed by atoms with E-state index in [2.05, 4.69) is 39.0 Å². The van der Waals surface area contributed by atoms with Gasteiger partial charge in [-0.05, 0) is 27.3 Å². The van der Waals surface area contributed by atoms with Crippen LogP contribution in [-0.2, 0) is 4.74 Å². The van der Waals surface area contributed by atoms with Gasteiger partial charge in [0.25, 0.3) is 0 Å². The number of likely N-dealkylation sites (N-methyl/N-ethyl adjacent to an activating group) is 1. The molecule has 82 valence electrons.